The number of benzene rings is 3. The number of carbonyl (C=O) groups is 2. The summed E-state index contributed by atoms with van der Waals surface area (Å²) in [5, 5.41) is 8.46. The molecule has 0 heterocycles. The van der Waals surface area contributed by atoms with Crippen LogP contribution in [0.1, 0.15) is 36.0 Å². The van der Waals surface area contributed by atoms with Gasteiger partial charge in [-0.2, -0.15) is 5.10 Å². The van der Waals surface area contributed by atoms with E-state index in [1.54, 1.807) is 60.7 Å². The first kappa shape index (κ1) is 26.5. The molecule has 35 heavy (non-hydrogen) atoms. The number of nitrogens with one attached hydrogen (secondary N) is 2. The first-order valence-corrected chi connectivity index (χ1v) is 12.0. The van der Waals surface area contributed by atoms with Gasteiger partial charge in [0.25, 0.3) is 0 Å². The lowest BCUT2D eigenvalue weighted by molar-refractivity contribution is -0.121. The van der Waals surface area contributed by atoms with Crippen LogP contribution < -0.4 is 15.5 Å². The second kappa shape index (κ2) is 13.1. The van der Waals surface area contributed by atoms with Crippen LogP contribution in [0.25, 0.3) is 0 Å². The average molecular weight is 533 g/mol. The minimum absolute atomic E-state index is 0.175. The molecule has 0 atom stereocenters. The summed E-state index contributed by atoms with van der Waals surface area (Å²) in [5.74, 6) is 0.198. The van der Waals surface area contributed by atoms with Crippen LogP contribution in [0.15, 0.2) is 65.8 Å². The molecule has 0 aromatic heterocycles. The second-order valence-electron chi connectivity index (χ2n) is 7.67. The number of rotatable bonds is 10. The van der Waals surface area contributed by atoms with E-state index in [2.05, 4.69) is 15.8 Å². The summed E-state index contributed by atoms with van der Waals surface area (Å²) in [7, 11) is 0. The van der Waals surface area contributed by atoms with Crippen molar-refractivity contribution in [1.82, 2.24) is 5.43 Å². The number of ether oxygens (including phenoxy) is 1. The topological polar surface area (TPSA) is 79.8 Å². The van der Waals surface area contributed by atoms with E-state index < -0.39 is 0 Å². The Morgan fingerprint density at radius 1 is 0.886 bits per heavy atom. The summed E-state index contributed by atoms with van der Waals surface area (Å²) >= 11 is 18.4. The summed E-state index contributed by atoms with van der Waals surface area (Å²) < 4.78 is 5.74. The highest BCUT2D eigenvalue weighted by Crippen LogP contribution is 2.26. The van der Waals surface area contributed by atoms with E-state index in [1.807, 2.05) is 6.92 Å². The quantitative estimate of drug-likeness (QED) is 0.223. The molecule has 0 saturated heterocycles. The molecular weight excluding hydrogens is 509 g/mol. The molecule has 6 nitrogen and oxygen atoms in total. The van der Waals surface area contributed by atoms with E-state index >= 15 is 0 Å². The Morgan fingerprint density at radius 2 is 1.51 bits per heavy atom. The Morgan fingerprint density at radius 3 is 2.23 bits per heavy atom. The molecule has 0 spiro atoms. The van der Waals surface area contributed by atoms with E-state index in [-0.39, 0.29) is 31.3 Å². The molecule has 2 amide bonds. The number of amides is 2. The molecule has 0 radical (unpaired) electrons. The molecule has 0 aliphatic rings. The van der Waals surface area contributed by atoms with Crippen molar-refractivity contribution in [2.24, 2.45) is 5.10 Å². The average Bonchev–Trinajstić information content (AvgIpc) is 2.83. The number of nitrogens with zero attached hydrogens (tertiary/aromatic N) is 1. The van der Waals surface area contributed by atoms with Gasteiger partial charge in [0.15, 0.2) is 0 Å². The number of halogens is 3. The highest BCUT2D eigenvalue weighted by Gasteiger charge is 2.09. The number of hydrogen-bond acceptors (Lipinski definition) is 4. The molecule has 3 aromatic rings. The van der Waals surface area contributed by atoms with Gasteiger partial charge >= 0.3 is 0 Å². The fourth-order valence-electron chi connectivity index (χ4n) is 3.08. The van der Waals surface area contributed by atoms with Crippen LogP contribution in [0.4, 0.5) is 5.69 Å². The molecule has 0 unspecified atom stereocenters. The SMILES string of the molecule is Cc1c(Cl)cccc1NC(=O)CCCC(=O)N/N=C\c1ccc(OCc2c(Cl)cccc2Cl)cc1. The van der Waals surface area contributed by atoms with Crippen LogP contribution in [0.3, 0.4) is 0 Å². The van der Waals surface area contributed by atoms with Crippen molar-refractivity contribution in [2.75, 3.05) is 5.32 Å². The first-order valence-electron chi connectivity index (χ1n) is 10.9. The fourth-order valence-corrected chi connectivity index (χ4v) is 3.76. The molecule has 3 rings (SSSR count). The number of hydrazone groups is 1. The smallest absolute Gasteiger partial charge is 0.240 e. The first-order chi connectivity index (χ1) is 16.8. The van der Waals surface area contributed by atoms with Gasteiger partial charge in [-0.25, -0.2) is 5.43 Å². The largest absolute Gasteiger partial charge is 0.489 e. The lowest BCUT2D eigenvalue weighted by Crippen LogP contribution is -2.18. The van der Waals surface area contributed by atoms with E-state index in [9.17, 15) is 9.59 Å². The van der Waals surface area contributed by atoms with Gasteiger partial charge in [0.2, 0.25) is 11.8 Å². The summed E-state index contributed by atoms with van der Waals surface area (Å²) in [4.78, 5) is 24.1. The molecule has 0 bridgehead atoms. The second-order valence-corrected chi connectivity index (χ2v) is 8.89. The molecule has 9 heteroatoms. The Bertz CT molecular complexity index is 1190. The third-order valence-corrected chi connectivity index (χ3v) is 6.19. The Balaban J connectivity index is 1.37. The zero-order chi connectivity index (χ0) is 25.2. The maximum absolute atomic E-state index is 12.1. The molecular formula is C26H24Cl3N3O3. The van der Waals surface area contributed by atoms with Gasteiger partial charge in [-0.05, 0) is 73.0 Å². The third kappa shape index (κ3) is 8.28. The minimum Gasteiger partial charge on any atom is -0.489 e. The van der Waals surface area contributed by atoms with Crippen molar-refractivity contribution in [2.45, 2.75) is 32.8 Å². The van der Waals surface area contributed by atoms with Crippen molar-refractivity contribution >= 4 is 58.5 Å². The fraction of sp³-hybridized carbons (Fsp3) is 0.192. The summed E-state index contributed by atoms with van der Waals surface area (Å²) in [6.45, 7) is 2.08. The van der Waals surface area contributed by atoms with Gasteiger partial charge in [-0.1, -0.05) is 46.9 Å². The Hall–Kier alpha value is -3.06. The standard InChI is InChI=1S/C26H24Cl3N3O3/c1-17-21(27)5-3-8-24(17)31-25(33)9-4-10-26(34)32-30-15-18-11-13-19(14-12-18)35-16-20-22(28)6-2-7-23(20)29/h2-3,5-8,11-15H,4,9-10,16H2,1H3,(H,31,33)(H,32,34)/b30-15-. The minimum atomic E-state index is -0.274. The van der Waals surface area contributed by atoms with Gasteiger partial charge in [-0.15, -0.1) is 0 Å². The van der Waals surface area contributed by atoms with E-state index in [0.29, 0.717) is 32.9 Å². The molecule has 0 aliphatic heterocycles. The summed E-state index contributed by atoms with van der Waals surface area (Å²) in [6, 6.07) is 17.8. The Labute approximate surface area is 219 Å². The van der Waals surface area contributed by atoms with E-state index in [0.717, 1.165) is 16.7 Å². The van der Waals surface area contributed by atoms with Crippen LogP contribution >= 0.6 is 34.8 Å². The van der Waals surface area contributed by atoms with Crippen LogP contribution in [0.5, 0.6) is 5.75 Å². The maximum Gasteiger partial charge on any atom is 0.240 e. The van der Waals surface area contributed by atoms with E-state index in [1.165, 1.54) is 6.21 Å². The monoisotopic (exact) mass is 531 g/mol. The van der Waals surface area contributed by atoms with Crippen LogP contribution in [0, 0.1) is 6.92 Å². The van der Waals surface area contributed by atoms with Crippen LogP contribution in [-0.4, -0.2) is 18.0 Å². The zero-order valence-electron chi connectivity index (χ0n) is 19.0. The van der Waals surface area contributed by atoms with Crippen molar-refractivity contribution in [3.05, 3.63) is 92.4 Å². The van der Waals surface area contributed by atoms with Gasteiger partial charge in [0.05, 0.1) is 6.21 Å². The van der Waals surface area contributed by atoms with Crippen molar-refractivity contribution in [3.8, 4) is 5.75 Å². The maximum atomic E-state index is 12.1. The highest BCUT2D eigenvalue weighted by molar-refractivity contribution is 6.36. The summed E-state index contributed by atoms with van der Waals surface area (Å²) in [5.41, 5.74) is 5.44. The molecule has 182 valence electrons. The molecule has 0 fully saturated rings. The lowest BCUT2D eigenvalue weighted by atomic mass is 10.2. The Kier molecular flexibility index (Phi) is 9.97. The molecule has 0 saturated carbocycles. The predicted octanol–water partition coefficient (Wildman–Crippen LogP) is 6.79. The molecule has 2 N–H and O–H groups in total. The summed E-state index contributed by atoms with van der Waals surface area (Å²) in [6.07, 6.45) is 2.32. The molecule has 3 aromatic carbocycles. The predicted molar refractivity (Wildman–Crippen MR) is 142 cm³/mol. The number of anilines is 1. The van der Waals surface area contributed by atoms with Crippen molar-refractivity contribution in [3.63, 3.8) is 0 Å². The highest BCUT2D eigenvalue weighted by atomic mass is 35.5. The normalized spacial score (nSPS) is 10.9. The van der Waals surface area contributed by atoms with Crippen LogP contribution in [-0.2, 0) is 16.2 Å². The van der Waals surface area contributed by atoms with Crippen LogP contribution in [0.2, 0.25) is 15.1 Å². The van der Waals surface area contributed by atoms with Crippen molar-refractivity contribution < 1.29 is 14.3 Å². The number of hydrogen-bond donors (Lipinski definition) is 2. The third-order valence-electron chi connectivity index (χ3n) is 5.08. The molecule has 0 aliphatic carbocycles. The lowest BCUT2D eigenvalue weighted by Gasteiger charge is -2.09. The van der Waals surface area contributed by atoms with Gasteiger partial charge < -0.3 is 10.1 Å². The number of carbonyl (C=O) groups excluding carboxylic acids is 2. The van der Waals surface area contributed by atoms with Gasteiger partial charge in [0.1, 0.15) is 12.4 Å². The van der Waals surface area contributed by atoms with Crippen molar-refractivity contribution in [1.29, 1.82) is 0 Å². The zero-order valence-corrected chi connectivity index (χ0v) is 21.3. The van der Waals surface area contributed by atoms with Gasteiger partial charge in [-0.3, -0.25) is 9.59 Å². The van der Waals surface area contributed by atoms with E-state index in [4.69, 9.17) is 39.5 Å². The van der Waals surface area contributed by atoms with Gasteiger partial charge in [0, 0.05) is 39.2 Å².